The molecule has 3 fully saturated rings. The minimum Gasteiger partial charge on any atom is -0.494 e. The van der Waals surface area contributed by atoms with Crippen molar-refractivity contribution in [2.45, 2.75) is 221 Å². The molecule has 0 radical (unpaired) electrons. The number of nitrogens with two attached hydrogens (primary N) is 1. The fourth-order valence-corrected chi connectivity index (χ4v) is 9.90. The second-order valence-corrected chi connectivity index (χ2v) is 22.8. The molecule has 3 aliphatic heterocycles. The lowest BCUT2D eigenvalue weighted by atomic mass is 9.96. The number of fused-ring (bicyclic) bond motifs is 1. The highest BCUT2D eigenvalue weighted by Crippen LogP contribution is 2.36. The van der Waals surface area contributed by atoms with Gasteiger partial charge in [0.25, 0.3) is 5.91 Å². The highest BCUT2D eigenvalue weighted by Gasteiger charge is 2.57. The molecule has 0 spiro atoms. The van der Waals surface area contributed by atoms with E-state index in [0.717, 1.165) is 39.5 Å². The Labute approximate surface area is 550 Å². The van der Waals surface area contributed by atoms with Crippen LogP contribution in [0.1, 0.15) is 89.9 Å². The standard InChI is InChI=1S/C60H103N5O30/c1-6-7-8-9-10-11-12-13-14-18-83-37-17-15-16-36(19-37)56(81)63-22-49(85-39(24-67)38(77)23-66)87-41(26-69)40(25-68)86-47(20-61)93-54-45(30-73)92-58(50(51(54)78)65-35(5)76)91-43(28-71)42(27-70)88-48(21-62-33(3)74)89-44(29-72)46(90-57(82)32(2)64-34(4)75)31-84-59-53(80)52(79)55-60(94-55)95-59/h11-12,15-17,19,32,38-55,57-60,66-73,77-80,82H,6-10,13-14,18,20-31,61H2,1-5H3,(H,62,74)(H,63,81)(H,64,75)(H,65,76)/b12-11-/t32?,38-,39?,40?,41-,42?,43-,44-,45?,46?,47-,48-,49-,50?,51?,52?,53?,54+,55-,57+,58+,59+,60?/m0/s1. The minimum atomic E-state index is -1.94. The molecule has 0 aromatic heterocycles. The van der Waals surface area contributed by atoms with Gasteiger partial charge in [-0.3, -0.25) is 19.2 Å². The number of carbonyl (C=O) groups is 4. The van der Waals surface area contributed by atoms with Gasteiger partial charge in [0.05, 0.1) is 85.2 Å². The van der Waals surface area contributed by atoms with Crippen molar-refractivity contribution in [1.82, 2.24) is 21.3 Å². The van der Waals surface area contributed by atoms with Gasteiger partial charge in [0.1, 0.15) is 97.2 Å². The third-order valence-corrected chi connectivity index (χ3v) is 15.1. The van der Waals surface area contributed by atoms with Gasteiger partial charge >= 0.3 is 0 Å². The molecule has 3 saturated heterocycles. The Morgan fingerprint density at radius 2 is 1.21 bits per heavy atom. The van der Waals surface area contributed by atoms with Gasteiger partial charge in [-0.1, -0.05) is 44.4 Å². The number of hydrogen-bond donors (Lipinski definition) is 18. The molecule has 4 rings (SSSR count). The monoisotopic (exact) mass is 1370 g/mol. The molecule has 23 atom stereocenters. The summed E-state index contributed by atoms with van der Waals surface area (Å²) in [5.41, 5.74) is 6.24. The number of benzene rings is 1. The van der Waals surface area contributed by atoms with E-state index < -0.39 is 244 Å². The van der Waals surface area contributed by atoms with Crippen LogP contribution in [-0.2, 0) is 71.2 Å². The van der Waals surface area contributed by atoms with Gasteiger partial charge in [-0.2, -0.15) is 0 Å². The highest BCUT2D eigenvalue weighted by molar-refractivity contribution is 5.94. The van der Waals surface area contributed by atoms with Gasteiger partial charge in [-0.05, 0) is 50.8 Å². The lowest BCUT2D eigenvalue weighted by molar-refractivity contribution is -0.330. The predicted molar refractivity (Wildman–Crippen MR) is 325 cm³/mol. The number of ether oxygens (including phenoxy) is 13. The van der Waals surface area contributed by atoms with Crippen molar-refractivity contribution in [1.29, 1.82) is 0 Å². The molecule has 95 heavy (non-hydrogen) atoms. The fourth-order valence-electron chi connectivity index (χ4n) is 9.90. The molecule has 3 aliphatic rings. The molecule has 4 amide bonds. The Balaban J connectivity index is 1.50. The van der Waals surface area contributed by atoms with Crippen molar-refractivity contribution in [3.8, 4) is 5.75 Å². The smallest absolute Gasteiger partial charge is 0.251 e. The topological polar surface area (TPSA) is 529 Å². The second kappa shape index (κ2) is 44.6. The molecule has 35 nitrogen and oxygen atoms in total. The first-order chi connectivity index (χ1) is 45.5. The maximum absolute atomic E-state index is 13.5. The van der Waals surface area contributed by atoms with Crippen molar-refractivity contribution in [2.24, 2.45) is 5.73 Å². The molecule has 1 aromatic rings. The molecule has 548 valence electrons. The van der Waals surface area contributed by atoms with Crippen LogP contribution in [0.3, 0.4) is 0 Å². The minimum absolute atomic E-state index is 0.162. The van der Waals surface area contributed by atoms with E-state index in [0.29, 0.717) is 12.4 Å². The number of unbranched alkanes of at least 4 members (excludes halogenated alkanes) is 5. The van der Waals surface area contributed by atoms with Crippen LogP contribution in [0.25, 0.3) is 0 Å². The van der Waals surface area contributed by atoms with Crippen LogP contribution in [0.5, 0.6) is 5.75 Å². The Morgan fingerprint density at radius 1 is 0.621 bits per heavy atom. The van der Waals surface area contributed by atoms with Crippen LogP contribution < -0.4 is 31.7 Å². The van der Waals surface area contributed by atoms with Crippen LogP contribution in [0.2, 0.25) is 0 Å². The number of aliphatic hydroxyl groups excluding tert-OH is 13. The molecule has 0 bridgehead atoms. The average molecular weight is 1370 g/mol. The summed E-state index contributed by atoms with van der Waals surface area (Å²) >= 11 is 0. The van der Waals surface area contributed by atoms with E-state index in [9.17, 15) is 85.6 Å². The van der Waals surface area contributed by atoms with Crippen LogP contribution in [0.15, 0.2) is 36.4 Å². The van der Waals surface area contributed by atoms with Gasteiger partial charge < -0.3 is 155 Å². The highest BCUT2D eigenvalue weighted by atomic mass is 16.8. The van der Waals surface area contributed by atoms with Crippen molar-refractivity contribution in [3.05, 3.63) is 42.0 Å². The lowest BCUT2D eigenvalue weighted by Gasteiger charge is -2.46. The first-order valence-electron chi connectivity index (χ1n) is 31.8. The molecule has 0 aliphatic carbocycles. The van der Waals surface area contributed by atoms with Crippen LogP contribution in [-0.4, -0.2) is 317 Å². The van der Waals surface area contributed by atoms with Crippen LogP contribution in [0.4, 0.5) is 0 Å². The summed E-state index contributed by atoms with van der Waals surface area (Å²) in [6.45, 7) is -2.64. The third-order valence-electron chi connectivity index (χ3n) is 15.1. The quantitative estimate of drug-likeness (QED) is 0.0125. The normalized spacial score (nSPS) is 26.1. The number of aliphatic hydroxyl groups is 13. The third kappa shape index (κ3) is 28.0. The summed E-state index contributed by atoms with van der Waals surface area (Å²) in [6.07, 6.45) is -21.8. The Hall–Kier alpha value is -4.40. The Bertz CT molecular complexity index is 2360. The zero-order valence-electron chi connectivity index (χ0n) is 54.2. The number of carbonyl (C=O) groups excluding carboxylic acids is 4. The molecule has 35 heteroatoms. The van der Waals surface area contributed by atoms with E-state index >= 15 is 0 Å². The number of rotatable bonds is 50. The molecule has 19 N–H and O–H groups in total. The largest absolute Gasteiger partial charge is 0.494 e. The van der Waals surface area contributed by atoms with Gasteiger partial charge in [-0.15, -0.1) is 0 Å². The Morgan fingerprint density at radius 3 is 1.78 bits per heavy atom. The van der Waals surface area contributed by atoms with E-state index in [1.165, 1.54) is 45.2 Å². The first kappa shape index (κ1) is 83.0. The number of nitrogens with one attached hydrogen (secondary N) is 4. The lowest BCUT2D eigenvalue weighted by Crippen LogP contribution is -2.67. The second-order valence-electron chi connectivity index (χ2n) is 22.8. The first-order valence-corrected chi connectivity index (χ1v) is 31.8. The van der Waals surface area contributed by atoms with Gasteiger partial charge in [-0.25, -0.2) is 0 Å². The van der Waals surface area contributed by atoms with Gasteiger partial charge in [0.15, 0.2) is 44.0 Å². The zero-order chi connectivity index (χ0) is 70.1. The van der Waals surface area contributed by atoms with E-state index in [4.69, 9.17) is 67.3 Å². The molecular formula is C60H103N5O30. The fraction of sp³-hybridized carbons (Fsp3) is 0.800. The summed E-state index contributed by atoms with van der Waals surface area (Å²) in [5, 5.41) is 149. The van der Waals surface area contributed by atoms with Gasteiger partial charge in [0.2, 0.25) is 17.7 Å². The van der Waals surface area contributed by atoms with Crippen molar-refractivity contribution in [2.75, 3.05) is 85.7 Å². The molecule has 3 heterocycles. The van der Waals surface area contributed by atoms with Crippen molar-refractivity contribution >= 4 is 23.6 Å². The SMILES string of the molecule is CCCCCC/C=C\CCCOc1cccc(C(=O)NC[C@@H](OC(CO)[C@@H](O)CO)O[C@@H](CO)C(CO)O[C@H](CN)O[C@@H]2C(CO)O[C@@H](O[C@@H](CO)C(CO)O[C@H](CNC(C)=O)O[C@@H](CO)C(CO[C@@H]3OC4O[C@H]4C(O)C3O)O[C@@H](O)C(C)NC(C)=O)C(NC(C)=O)C2O)c1. The molecule has 0 saturated carbocycles. The molecule has 1 aromatic carbocycles. The summed E-state index contributed by atoms with van der Waals surface area (Å²) < 4.78 is 76.1. The number of amides is 4. The number of epoxide rings is 1. The van der Waals surface area contributed by atoms with Gasteiger partial charge in [0, 0.05) is 32.9 Å². The zero-order valence-corrected chi connectivity index (χ0v) is 54.2. The Kier molecular flexibility index (Phi) is 39.0. The summed E-state index contributed by atoms with van der Waals surface area (Å²) in [4.78, 5) is 50.4. The summed E-state index contributed by atoms with van der Waals surface area (Å²) in [5.74, 6) is -2.21. The van der Waals surface area contributed by atoms with Crippen molar-refractivity contribution < 1.29 is 147 Å². The van der Waals surface area contributed by atoms with Crippen molar-refractivity contribution in [3.63, 3.8) is 0 Å². The predicted octanol–water partition coefficient (Wildman–Crippen LogP) is -6.19. The molecule has 11 unspecified atom stereocenters. The summed E-state index contributed by atoms with van der Waals surface area (Å²) in [6, 6.07) is 3.56. The average Bonchev–Trinajstić information content (AvgIpc) is 1.69. The number of hydrogen-bond acceptors (Lipinski definition) is 31. The maximum Gasteiger partial charge on any atom is 0.251 e. The van der Waals surface area contributed by atoms with E-state index in [-0.39, 0.29) is 5.56 Å². The molecular weight excluding hydrogens is 1270 g/mol. The van der Waals surface area contributed by atoms with E-state index in [1.54, 1.807) is 12.1 Å². The van der Waals surface area contributed by atoms with Crippen LogP contribution in [0, 0.1) is 0 Å². The number of allylic oxidation sites excluding steroid dienone is 2. The van der Waals surface area contributed by atoms with Crippen LogP contribution >= 0.6 is 0 Å². The summed E-state index contributed by atoms with van der Waals surface area (Å²) in [7, 11) is 0. The van der Waals surface area contributed by atoms with E-state index in [1.807, 2.05) is 0 Å². The van der Waals surface area contributed by atoms with E-state index in [2.05, 4.69) is 40.3 Å². The maximum atomic E-state index is 13.5.